The fourth-order valence-electron chi connectivity index (χ4n) is 3.63. The zero-order valence-corrected chi connectivity index (χ0v) is 19.2. The first kappa shape index (κ1) is 22.3. The molecular formula is C25H23ClN2O3S. The van der Waals surface area contributed by atoms with E-state index in [1.54, 1.807) is 36.4 Å². The standard InChI is InChI=1S/C25H23ClN2O3S/c1-18-6-11-23(12-7-18)32(30,31)28-15-14-19-8-10-22(16-21(19)17-28)27-25(29)13-9-20-4-2-3-5-24(20)26/h2-13,16H,14-15,17H2,1H3,(H,27,29)/b13-9+. The molecule has 32 heavy (non-hydrogen) atoms. The smallest absolute Gasteiger partial charge is 0.248 e. The van der Waals surface area contributed by atoms with Crippen LogP contribution in [0.15, 0.2) is 77.7 Å². The van der Waals surface area contributed by atoms with E-state index in [0.29, 0.717) is 28.6 Å². The predicted molar refractivity (Wildman–Crippen MR) is 128 cm³/mol. The molecule has 0 aromatic heterocycles. The van der Waals surface area contributed by atoms with Crippen molar-refractivity contribution in [2.75, 3.05) is 11.9 Å². The maximum absolute atomic E-state index is 13.1. The van der Waals surface area contributed by atoms with Crippen molar-refractivity contribution in [3.8, 4) is 0 Å². The SMILES string of the molecule is Cc1ccc(S(=O)(=O)N2CCc3ccc(NC(=O)/C=C/c4ccccc4Cl)cc3C2)cc1. The van der Waals surface area contributed by atoms with Crippen LogP contribution in [0.1, 0.15) is 22.3 Å². The molecule has 0 saturated carbocycles. The summed E-state index contributed by atoms with van der Waals surface area (Å²) < 4.78 is 27.6. The van der Waals surface area contributed by atoms with Crippen molar-refractivity contribution in [2.24, 2.45) is 0 Å². The lowest BCUT2D eigenvalue weighted by Crippen LogP contribution is -2.36. The number of fused-ring (bicyclic) bond motifs is 1. The zero-order valence-electron chi connectivity index (χ0n) is 17.6. The van der Waals surface area contributed by atoms with Crippen molar-refractivity contribution in [1.82, 2.24) is 4.31 Å². The van der Waals surface area contributed by atoms with E-state index < -0.39 is 10.0 Å². The molecule has 0 unspecified atom stereocenters. The molecular weight excluding hydrogens is 444 g/mol. The molecule has 0 bridgehead atoms. The van der Waals surface area contributed by atoms with E-state index in [4.69, 9.17) is 11.6 Å². The molecule has 5 nitrogen and oxygen atoms in total. The predicted octanol–water partition coefficient (Wildman–Crippen LogP) is 5.05. The number of carbonyl (C=O) groups is 1. The average molecular weight is 467 g/mol. The van der Waals surface area contributed by atoms with Gasteiger partial charge in [0.25, 0.3) is 0 Å². The molecule has 3 aromatic carbocycles. The minimum absolute atomic E-state index is 0.269. The van der Waals surface area contributed by atoms with Crippen LogP contribution in [0.5, 0.6) is 0 Å². The Hall–Kier alpha value is -2.93. The van der Waals surface area contributed by atoms with Gasteiger partial charge in [-0.2, -0.15) is 4.31 Å². The number of hydrogen-bond acceptors (Lipinski definition) is 3. The largest absolute Gasteiger partial charge is 0.323 e. The quantitative estimate of drug-likeness (QED) is 0.535. The second kappa shape index (κ2) is 9.28. The minimum atomic E-state index is -3.58. The van der Waals surface area contributed by atoms with Crippen LogP contribution in [0.2, 0.25) is 5.02 Å². The van der Waals surface area contributed by atoms with E-state index >= 15 is 0 Å². The molecule has 0 saturated heterocycles. The Labute approximate surface area is 193 Å². The number of amides is 1. The van der Waals surface area contributed by atoms with E-state index in [2.05, 4.69) is 5.32 Å². The number of anilines is 1. The molecule has 164 valence electrons. The Morgan fingerprint density at radius 3 is 2.53 bits per heavy atom. The van der Waals surface area contributed by atoms with E-state index in [1.807, 2.05) is 43.3 Å². The Bertz CT molecular complexity index is 1280. The normalized spacial score (nSPS) is 14.3. The zero-order chi connectivity index (χ0) is 22.7. The van der Waals surface area contributed by atoms with Gasteiger partial charge in [-0.05, 0) is 66.4 Å². The number of carbonyl (C=O) groups excluding carboxylic acids is 1. The van der Waals surface area contributed by atoms with Gasteiger partial charge in [0.05, 0.1) is 4.90 Å². The second-order valence-corrected chi connectivity index (χ2v) is 10.1. The Morgan fingerprint density at radius 2 is 1.78 bits per heavy atom. The van der Waals surface area contributed by atoms with Gasteiger partial charge in [0.1, 0.15) is 0 Å². The second-order valence-electron chi connectivity index (χ2n) is 7.73. The van der Waals surface area contributed by atoms with Crippen LogP contribution in [0.25, 0.3) is 6.08 Å². The van der Waals surface area contributed by atoms with E-state index in [-0.39, 0.29) is 12.5 Å². The van der Waals surface area contributed by atoms with Gasteiger partial charge in [0, 0.05) is 29.9 Å². The summed E-state index contributed by atoms with van der Waals surface area (Å²) in [5.41, 5.74) is 4.36. The molecule has 0 spiro atoms. The summed E-state index contributed by atoms with van der Waals surface area (Å²) in [6, 6.07) is 19.8. The van der Waals surface area contributed by atoms with Crippen LogP contribution in [0.4, 0.5) is 5.69 Å². The summed E-state index contributed by atoms with van der Waals surface area (Å²) in [4.78, 5) is 12.6. The number of benzene rings is 3. The lowest BCUT2D eigenvalue weighted by Gasteiger charge is -2.28. The van der Waals surface area contributed by atoms with Crippen molar-refractivity contribution in [1.29, 1.82) is 0 Å². The average Bonchev–Trinajstić information content (AvgIpc) is 2.78. The maximum Gasteiger partial charge on any atom is 0.248 e. The summed E-state index contributed by atoms with van der Waals surface area (Å²) in [7, 11) is -3.58. The lowest BCUT2D eigenvalue weighted by molar-refractivity contribution is -0.111. The molecule has 1 amide bonds. The van der Waals surface area contributed by atoms with E-state index in [1.165, 1.54) is 10.4 Å². The molecule has 7 heteroatoms. The van der Waals surface area contributed by atoms with Crippen LogP contribution >= 0.6 is 11.6 Å². The number of aryl methyl sites for hydroxylation is 1. The van der Waals surface area contributed by atoms with E-state index in [0.717, 1.165) is 22.3 Å². The van der Waals surface area contributed by atoms with Crippen molar-refractivity contribution in [2.45, 2.75) is 24.8 Å². The van der Waals surface area contributed by atoms with Crippen molar-refractivity contribution in [3.63, 3.8) is 0 Å². The van der Waals surface area contributed by atoms with Gasteiger partial charge in [0.2, 0.25) is 15.9 Å². The first-order valence-electron chi connectivity index (χ1n) is 10.3. The molecule has 1 heterocycles. The van der Waals surface area contributed by atoms with Crippen LogP contribution in [-0.4, -0.2) is 25.2 Å². The summed E-state index contributed by atoms with van der Waals surface area (Å²) in [6.07, 6.45) is 3.71. The highest BCUT2D eigenvalue weighted by Crippen LogP contribution is 2.27. The molecule has 0 atom stereocenters. The molecule has 3 aromatic rings. The highest BCUT2D eigenvalue weighted by Gasteiger charge is 2.28. The highest BCUT2D eigenvalue weighted by atomic mass is 35.5. The summed E-state index contributed by atoms with van der Waals surface area (Å²) >= 11 is 6.11. The lowest BCUT2D eigenvalue weighted by atomic mass is 10.0. The first-order valence-corrected chi connectivity index (χ1v) is 12.1. The third kappa shape index (κ3) is 4.93. The van der Waals surface area contributed by atoms with Gasteiger partial charge in [-0.3, -0.25) is 4.79 Å². The molecule has 1 N–H and O–H groups in total. The molecule has 4 rings (SSSR count). The number of nitrogens with one attached hydrogen (secondary N) is 1. The molecule has 0 aliphatic carbocycles. The summed E-state index contributed by atoms with van der Waals surface area (Å²) in [5.74, 6) is -0.287. The minimum Gasteiger partial charge on any atom is -0.323 e. The van der Waals surface area contributed by atoms with Gasteiger partial charge >= 0.3 is 0 Å². The van der Waals surface area contributed by atoms with Gasteiger partial charge in [-0.1, -0.05) is 53.6 Å². The van der Waals surface area contributed by atoms with Crippen LogP contribution in [0, 0.1) is 6.92 Å². The number of halogens is 1. The number of sulfonamides is 1. The van der Waals surface area contributed by atoms with Crippen LogP contribution < -0.4 is 5.32 Å². The van der Waals surface area contributed by atoms with Gasteiger partial charge in [-0.25, -0.2) is 8.42 Å². The number of rotatable bonds is 5. The Kier molecular flexibility index (Phi) is 6.46. The number of nitrogens with zero attached hydrogens (tertiary/aromatic N) is 1. The van der Waals surface area contributed by atoms with Crippen molar-refractivity contribution < 1.29 is 13.2 Å². The van der Waals surface area contributed by atoms with Gasteiger partial charge < -0.3 is 5.32 Å². The Morgan fingerprint density at radius 1 is 1.03 bits per heavy atom. The van der Waals surface area contributed by atoms with Gasteiger partial charge in [-0.15, -0.1) is 0 Å². The molecule has 0 radical (unpaired) electrons. The first-order chi connectivity index (χ1) is 15.3. The monoisotopic (exact) mass is 466 g/mol. The number of hydrogen-bond donors (Lipinski definition) is 1. The molecule has 0 fully saturated rings. The van der Waals surface area contributed by atoms with Gasteiger partial charge in [0.15, 0.2) is 0 Å². The third-order valence-corrected chi connectivity index (χ3v) is 7.63. The van der Waals surface area contributed by atoms with Crippen LogP contribution in [0.3, 0.4) is 0 Å². The third-order valence-electron chi connectivity index (χ3n) is 5.43. The summed E-state index contributed by atoms with van der Waals surface area (Å²) in [6.45, 7) is 2.62. The van der Waals surface area contributed by atoms with E-state index in [9.17, 15) is 13.2 Å². The fraction of sp³-hybridized carbons (Fsp3) is 0.160. The van der Waals surface area contributed by atoms with Crippen molar-refractivity contribution >= 4 is 39.3 Å². The summed E-state index contributed by atoms with van der Waals surface area (Å²) in [5, 5.41) is 3.41. The Balaban J connectivity index is 1.48. The maximum atomic E-state index is 13.1. The highest BCUT2D eigenvalue weighted by molar-refractivity contribution is 7.89. The fourth-order valence-corrected chi connectivity index (χ4v) is 5.25. The van der Waals surface area contributed by atoms with Crippen LogP contribution in [-0.2, 0) is 27.8 Å². The molecule has 1 aliphatic rings. The van der Waals surface area contributed by atoms with Crippen molar-refractivity contribution in [3.05, 3.63) is 100 Å². The topological polar surface area (TPSA) is 66.5 Å². The molecule has 1 aliphatic heterocycles.